The second-order valence-corrected chi connectivity index (χ2v) is 6.17. The smallest absolute Gasteiger partial charge is 0.416 e. The molecule has 1 unspecified atom stereocenters. The second-order valence-electron chi connectivity index (χ2n) is 6.17. The van der Waals surface area contributed by atoms with Crippen molar-refractivity contribution in [2.75, 3.05) is 26.8 Å². The molecule has 144 valence electrons. The predicted octanol–water partition coefficient (Wildman–Crippen LogP) is 2.82. The van der Waals surface area contributed by atoms with Gasteiger partial charge in [0, 0.05) is 19.7 Å². The van der Waals surface area contributed by atoms with Gasteiger partial charge in [-0.25, -0.2) is 0 Å². The van der Waals surface area contributed by atoms with Crippen LogP contribution in [0.25, 0.3) is 0 Å². The summed E-state index contributed by atoms with van der Waals surface area (Å²) >= 11 is 0. The Morgan fingerprint density at radius 3 is 2.50 bits per heavy atom. The van der Waals surface area contributed by atoms with Crippen LogP contribution in [0.3, 0.4) is 0 Å². The van der Waals surface area contributed by atoms with Crippen molar-refractivity contribution >= 4 is 11.9 Å². The molecule has 5 nitrogen and oxygen atoms in total. The molecule has 8 heteroatoms. The van der Waals surface area contributed by atoms with E-state index in [0.29, 0.717) is 18.7 Å². The average Bonchev–Trinajstić information content (AvgIpc) is 3.11. The molecule has 1 aliphatic rings. The van der Waals surface area contributed by atoms with E-state index in [2.05, 4.69) is 4.74 Å². The number of benzene rings is 1. The zero-order valence-electron chi connectivity index (χ0n) is 14.6. The van der Waals surface area contributed by atoms with Crippen LogP contribution in [0.4, 0.5) is 13.2 Å². The minimum Gasteiger partial charge on any atom is -0.469 e. The lowest BCUT2D eigenvalue weighted by atomic mass is 10.1. The average molecular weight is 373 g/mol. The molecular formula is C18H22F3NO4. The fraction of sp³-hybridized carbons (Fsp3) is 0.556. The fourth-order valence-corrected chi connectivity index (χ4v) is 2.78. The Morgan fingerprint density at radius 2 is 1.96 bits per heavy atom. The summed E-state index contributed by atoms with van der Waals surface area (Å²) in [6, 6.07) is 4.51. The third-order valence-corrected chi connectivity index (χ3v) is 4.25. The Hall–Kier alpha value is -2.09. The summed E-state index contributed by atoms with van der Waals surface area (Å²) in [5, 5.41) is 0. The van der Waals surface area contributed by atoms with Crippen molar-refractivity contribution in [3.05, 3.63) is 35.4 Å². The SMILES string of the molecule is COC(=O)CCN(CC1CCCO1)C(=O)Cc1ccc(C(F)(F)F)cc1. The van der Waals surface area contributed by atoms with Crippen molar-refractivity contribution in [2.24, 2.45) is 0 Å². The number of hydrogen-bond donors (Lipinski definition) is 0. The molecule has 0 saturated carbocycles. The fourth-order valence-electron chi connectivity index (χ4n) is 2.78. The highest BCUT2D eigenvalue weighted by molar-refractivity contribution is 5.79. The Labute approximate surface area is 150 Å². The first-order valence-electron chi connectivity index (χ1n) is 8.42. The van der Waals surface area contributed by atoms with E-state index in [1.807, 2.05) is 0 Å². The molecule has 1 aromatic carbocycles. The van der Waals surface area contributed by atoms with E-state index in [0.717, 1.165) is 25.0 Å². The van der Waals surface area contributed by atoms with Gasteiger partial charge >= 0.3 is 12.1 Å². The maximum Gasteiger partial charge on any atom is 0.416 e. The number of esters is 1. The minimum atomic E-state index is -4.41. The van der Waals surface area contributed by atoms with Crippen molar-refractivity contribution < 1.29 is 32.2 Å². The molecule has 1 fully saturated rings. The number of carbonyl (C=O) groups is 2. The van der Waals surface area contributed by atoms with Crippen LogP contribution in [0.2, 0.25) is 0 Å². The largest absolute Gasteiger partial charge is 0.469 e. The Kier molecular flexibility index (Phi) is 7.02. The molecule has 0 aliphatic carbocycles. The number of halogens is 3. The summed E-state index contributed by atoms with van der Waals surface area (Å²) < 4.78 is 48.0. The molecule has 1 amide bonds. The molecule has 1 aliphatic heterocycles. The van der Waals surface area contributed by atoms with Crippen LogP contribution in [0.1, 0.15) is 30.4 Å². The Balaban J connectivity index is 2.00. The maximum absolute atomic E-state index is 12.6. The highest BCUT2D eigenvalue weighted by Crippen LogP contribution is 2.29. The summed E-state index contributed by atoms with van der Waals surface area (Å²) in [7, 11) is 1.27. The van der Waals surface area contributed by atoms with Crippen LogP contribution in [-0.2, 0) is 31.7 Å². The van der Waals surface area contributed by atoms with Gasteiger partial charge in [0.1, 0.15) is 0 Å². The topological polar surface area (TPSA) is 55.8 Å². The van der Waals surface area contributed by atoms with Gasteiger partial charge in [0.15, 0.2) is 0 Å². The molecule has 26 heavy (non-hydrogen) atoms. The monoisotopic (exact) mass is 373 g/mol. The first kappa shape index (κ1) is 20.2. The van der Waals surface area contributed by atoms with Crippen LogP contribution in [0.15, 0.2) is 24.3 Å². The van der Waals surface area contributed by atoms with Crippen molar-refractivity contribution in [2.45, 2.75) is 38.0 Å². The van der Waals surface area contributed by atoms with Gasteiger partial charge in [-0.05, 0) is 30.5 Å². The van der Waals surface area contributed by atoms with Crippen LogP contribution in [0.5, 0.6) is 0 Å². The number of rotatable bonds is 7. The summed E-state index contributed by atoms with van der Waals surface area (Å²) in [4.78, 5) is 25.5. The quantitative estimate of drug-likeness (QED) is 0.690. The van der Waals surface area contributed by atoms with Crippen molar-refractivity contribution in [3.8, 4) is 0 Å². The molecule has 1 aromatic rings. The van der Waals surface area contributed by atoms with Gasteiger partial charge in [-0.2, -0.15) is 13.2 Å². The molecule has 0 aromatic heterocycles. The minimum absolute atomic E-state index is 0.0357. The third kappa shape index (κ3) is 6.01. The zero-order chi connectivity index (χ0) is 19.2. The summed E-state index contributed by atoms with van der Waals surface area (Å²) in [6.45, 7) is 1.19. The van der Waals surface area contributed by atoms with E-state index in [-0.39, 0.29) is 31.4 Å². The standard InChI is InChI=1S/C18H22F3NO4/c1-25-17(24)8-9-22(12-15-3-2-10-26-15)16(23)11-13-4-6-14(7-5-13)18(19,20)21/h4-7,15H,2-3,8-12H2,1H3. The normalized spacial score (nSPS) is 17.2. The number of carbonyl (C=O) groups excluding carboxylic acids is 2. The van der Waals surface area contributed by atoms with Gasteiger partial charge in [0.05, 0.1) is 31.6 Å². The van der Waals surface area contributed by atoms with Crippen LogP contribution in [-0.4, -0.2) is 49.7 Å². The number of hydrogen-bond acceptors (Lipinski definition) is 4. The second kappa shape index (κ2) is 9.02. The van der Waals surface area contributed by atoms with E-state index in [1.54, 1.807) is 0 Å². The number of methoxy groups -OCH3 is 1. The lowest BCUT2D eigenvalue weighted by Crippen LogP contribution is -2.39. The molecule has 0 bridgehead atoms. The van der Waals surface area contributed by atoms with Gasteiger partial charge in [0.25, 0.3) is 0 Å². The van der Waals surface area contributed by atoms with Crippen molar-refractivity contribution in [1.29, 1.82) is 0 Å². The number of ether oxygens (including phenoxy) is 2. The molecular weight excluding hydrogens is 351 g/mol. The maximum atomic E-state index is 12.6. The Bertz CT molecular complexity index is 610. The lowest BCUT2D eigenvalue weighted by Gasteiger charge is -2.25. The van der Waals surface area contributed by atoms with Crippen LogP contribution < -0.4 is 0 Å². The van der Waals surface area contributed by atoms with E-state index in [1.165, 1.54) is 24.1 Å². The van der Waals surface area contributed by atoms with Crippen molar-refractivity contribution in [3.63, 3.8) is 0 Å². The molecule has 0 radical (unpaired) electrons. The summed E-state index contributed by atoms with van der Waals surface area (Å²) in [5.74, 6) is -0.686. The highest BCUT2D eigenvalue weighted by Gasteiger charge is 2.30. The van der Waals surface area contributed by atoms with Gasteiger partial charge < -0.3 is 14.4 Å². The van der Waals surface area contributed by atoms with Crippen LogP contribution in [0, 0.1) is 0 Å². The zero-order valence-corrected chi connectivity index (χ0v) is 14.6. The Morgan fingerprint density at radius 1 is 1.27 bits per heavy atom. The van der Waals surface area contributed by atoms with Gasteiger partial charge in [-0.3, -0.25) is 9.59 Å². The lowest BCUT2D eigenvalue weighted by molar-refractivity contribution is -0.142. The summed E-state index contributed by atoms with van der Waals surface area (Å²) in [6.07, 6.45) is -2.71. The molecule has 1 atom stereocenters. The molecule has 0 spiro atoms. The van der Waals surface area contributed by atoms with E-state index < -0.39 is 17.7 Å². The van der Waals surface area contributed by atoms with E-state index >= 15 is 0 Å². The van der Waals surface area contributed by atoms with E-state index in [9.17, 15) is 22.8 Å². The van der Waals surface area contributed by atoms with Crippen LogP contribution >= 0.6 is 0 Å². The molecule has 2 rings (SSSR count). The number of alkyl halides is 3. The molecule has 1 saturated heterocycles. The first-order chi connectivity index (χ1) is 12.3. The van der Waals surface area contributed by atoms with Gasteiger partial charge in [0.2, 0.25) is 5.91 Å². The van der Waals surface area contributed by atoms with Crippen molar-refractivity contribution in [1.82, 2.24) is 4.90 Å². The van der Waals surface area contributed by atoms with Gasteiger partial charge in [-0.1, -0.05) is 12.1 Å². The number of nitrogens with zero attached hydrogens (tertiary/aromatic N) is 1. The third-order valence-electron chi connectivity index (χ3n) is 4.25. The first-order valence-corrected chi connectivity index (χ1v) is 8.42. The highest BCUT2D eigenvalue weighted by atomic mass is 19.4. The summed E-state index contributed by atoms with van der Waals surface area (Å²) in [5.41, 5.74) is -0.269. The molecule has 1 heterocycles. The predicted molar refractivity (Wildman–Crippen MR) is 87.3 cm³/mol. The van der Waals surface area contributed by atoms with E-state index in [4.69, 9.17) is 4.74 Å². The molecule has 0 N–H and O–H groups in total. The number of amides is 1. The van der Waals surface area contributed by atoms with Gasteiger partial charge in [-0.15, -0.1) is 0 Å².